The Morgan fingerprint density at radius 1 is 1.29 bits per heavy atom. The quantitative estimate of drug-likeness (QED) is 0.533. The van der Waals surface area contributed by atoms with Crippen LogP contribution in [0.15, 0.2) is 28.2 Å². The molecule has 0 aliphatic carbocycles. The van der Waals surface area contributed by atoms with Crippen molar-refractivity contribution in [1.29, 1.82) is 0 Å². The Kier molecular flexibility index (Phi) is 6.71. The summed E-state index contributed by atoms with van der Waals surface area (Å²) < 4.78 is 1.68. The minimum atomic E-state index is -0.101. The van der Waals surface area contributed by atoms with Crippen molar-refractivity contribution in [2.75, 3.05) is 18.8 Å². The molecule has 2 aromatic rings. The van der Waals surface area contributed by atoms with Gasteiger partial charge in [-0.15, -0.1) is 0 Å². The van der Waals surface area contributed by atoms with Crippen molar-refractivity contribution >= 4 is 40.2 Å². The van der Waals surface area contributed by atoms with Crippen LogP contribution in [0, 0.1) is 17.8 Å². The van der Waals surface area contributed by atoms with Gasteiger partial charge in [0.25, 0.3) is 5.56 Å². The smallest absolute Gasteiger partial charge is 0.262 e. The lowest BCUT2D eigenvalue weighted by molar-refractivity contribution is -0.130. The Morgan fingerprint density at radius 3 is 2.61 bits per heavy atom. The van der Waals surface area contributed by atoms with E-state index in [4.69, 9.17) is 11.6 Å². The molecule has 0 radical (unpaired) electrons. The Bertz CT molecular complexity index is 918. The summed E-state index contributed by atoms with van der Waals surface area (Å²) in [5.74, 6) is 1.75. The number of likely N-dealkylation sites (tertiary alicyclic amines) is 1. The summed E-state index contributed by atoms with van der Waals surface area (Å²) in [6.07, 6.45) is 1.17. The van der Waals surface area contributed by atoms with Gasteiger partial charge in [0.05, 0.1) is 16.7 Å². The number of thioether (sulfide) groups is 1. The Labute approximate surface area is 175 Å². The van der Waals surface area contributed by atoms with Crippen LogP contribution in [0.2, 0.25) is 5.02 Å². The molecule has 2 atom stereocenters. The highest BCUT2D eigenvalue weighted by Gasteiger charge is 2.25. The van der Waals surface area contributed by atoms with Gasteiger partial charge >= 0.3 is 0 Å². The van der Waals surface area contributed by atoms with E-state index in [1.165, 1.54) is 18.2 Å². The topological polar surface area (TPSA) is 55.2 Å². The summed E-state index contributed by atoms with van der Waals surface area (Å²) in [5, 5.41) is 1.63. The third-order valence-corrected chi connectivity index (χ3v) is 6.17. The molecule has 1 aliphatic heterocycles. The van der Waals surface area contributed by atoms with Gasteiger partial charge in [0.15, 0.2) is 5.16 Å². The number of rotatable bonds is 5. The molecule has 1 aromatic carbocycles. The Balaban J connectivity index is 1.86. The minimum Gasteiger partial charge on any atom is -0.341 e. The standard InChI is InChI=1S/C21H28ClN3O2S/c1-13(2)9-25-20(27)17-8-16(22)5-6-18(17)23-21(25)28-12-19(26)24-10-14(3)7-15(4)11-24/h5-6,8,13-15H,7,9-12H2,1-4H3/t14-,15-/m0/s1. The van der Waals surface area contributed by atoms with Crippen molar-refractivity contribution in [3.05, 3.63) is 33.6 Å². The highest BCUT2D eigenvalue weighted by atomic mass is 35.5. The van der Waals surface area contributed by atoms with Crippen LogP contribution in [-0.4, -0.2) is 39.2 Å². The van der Waals surface area contributed by atoms with Gasteiger partial charge in [0.2, 0.25) is 5.91 Å². The largest absolute Gasteiger partial charge is 0.341 e. The zero-order chi connectivity index (χ0) is 20.4. The maximum Gasteiger partial charge on any atom is 0.262 e. The molecule has 1 amide bonds. The fourth-order valence-corrected chi connectivity index (χ4v) is 4.98. The van der Waals surface area contributed by atoms with E-state index in [2.05, 4.69) is 32.7 Å². The molecule has 0 unspecified atom stereocenters. The minimum absolute atomic E-state index is 0.101. The van der Waals surface area contributed by atoms with Crippen LogP contribution in [0.25, 0.3) is 10.9 Å². The fourth-order valence-electron chi connectivity index (χ4n) is 3.89. The first-order valence-corrected chi connectivity index (χ1v) is 11.2. The zero-order valence-corrected chi connectivity index (χ0v) is 18.5. The van der Waals surface area contributed by atoms with Gasteiger partial charge in [-0.3, -0.25) is 14.2 Å². The van der Waals surface area contributed by atoms with Crippen molar-refractivity contribution in [2.45, 2.75) is 45.8 Å². The molecule has 0 bridgehead atoms. The lowest BCUT2D eigenvalue weighted by Crippen LogP contribution is -2.43. The molecular formula is C21H28ClN3O2S. The molecule has 7 heteroatoms. The summed E-state index contributed by atoms with van der Waals surface area (Å²) in [4.78, 5) is 32.4. The highest BCUT2D eigenvalue weighted by molar-refractivity contribution is 7.99. The summed E-state index contributed by atoms with van der Waals surface area (Å²) in [5.41, 5.74) is 0.515. The average molecular weight is 422 g/mol. The van der Waals surface area contributed by atoms with Crippen LogP contribution in [0.5, 0.6) is 0 Å². The zero-order valence-electron chi connectivity index (χ0n) is 16.9. The molecule has 3 rings (SSSR count). The molecule has 28 heavy (non-hydrogen) atoms. The lowest BCUT2D eigenvalue weighted by atomic mass is 9.92. The number of benzene rings is 1. The van der Waals surface area contributed by atoms with Crippen LogP contribution in [-0.2, 0) is 11.3 Å². The molecule has 1 aromatic heterocycles. The second kappa shape index (κ2) is 8.87. The van der Waals surface area contributed by atoms with Crippen LogP contribution >= 0.6 is 23.4 Å². The number of carbonyl (C=O) groups excluding carboxylic acids is 1. The summed E-state index contributed by atoms with van der Waals surface area (Å²) in [6.45, 7) is 10.7. The van der Waals surface area contributed by atoms with Gasteiger partial charge in [-0.25, -0.2) is 4.98 Å². The van der Waals surface area contributed by atoms with Crippen molar-refractivity contribution in [3.8, 4) is 0 Å². The maximum absolute atomic E-state index is 13.0. The molecule has 152 valence electrons. The van der Waals surface area contributed by atoms with Crippen molar-refractivity contribution < 1.29 is 4.79 Å². The molecule has 2 heterocycles. The average Bonchev–Trinajstić information content (AvgIpc) is 2.62. The number of fused-ring (bicyclic) bond motifs is 1. The molecular weight excluding hydrogens is 394 g/mol. The van der Waals surface area contributed by atoms with Crippen LogP contribution in [0.4, 0.5) is 0 Å². The molecule has 1 fully saturated rings. The molecule has 5 nitrogen and oxygen atoms in total. The van der Waals surface area contributed by atoms with E-state index in [9.17, 15) is 9.59 Å². The van der Waals surface area contributed by atoms with Crippen molar-refractivity contribution in [1.82, 2.24) is 14.5 Å². The second-order valence-corrected chi connectivity index (χ2v) is 9.78. The number of amides is 1. The van der Waals surface area contributed by atoms with Crippen molar-refractivity contribution in [3.63, 3.8) is 0 Å². The summed E-state index contributed by atoms with van der Waals surface area (Å²) >= 11 is 7.42. The van der Waals surface area contributed by atoms with Gasteiger partial charge in [-0.05, 0) is 42.4 Å². The van der Waals surface area contributed by atoms with E-state index in [0.717, 1.165) is 13.1 Å². The summed E-state index contributed by atoms with van der Waals surface area (Å²) in [7, 11) is 0. The predicted octanol–water partition coefficient (Wildman–Crippen LogP) is 4.30. The van der Waals surface area contributed by atoms with E-state index >= 15 is 0 Å². The van der Waals surface area contributed by atoms with Crippen LogP contribution in [0.1, 0.15) is 34.1 Å². The van der Waals surface area contributed by atoms with Crippen LogP contribution < -0.4 is 5.56 Å². The third kappa shape index (κ3) is 4.90. The molecule has 1 saturated heterocycles. The number of nitrogens with zero attached hydrogens (tertiary/aromatic N) is 3. The van der Waals surface area contributed by atoms with E-state index in [0.29, 0.717) is 45.2 Å². The number of halogens is 1. The highest BCUT2D eigenvalue weighted by Crippen LogP contribution is 2.24. The number of hydrogen-bond acceptors (Lipinski definition) is 4. The van der Waals surface area contributed by atoms with Gasteiger partial charge in [-0.1, -0.05) is 51.1 Å². The number of piperidine rings is 1. The van der Waals surface area contributed by atoms with E-state index in [-0.39, 0.29) is 17.4 Å². The SMILES string of the molecule is CC(C)Cn1c(SCC(=O)N2C[C@@H](C)C[C@H](C)C2)nc2ccc(Cl)cc2c1=O. The first kappa shape index (κ1) is 21.2. The first-order valence-electron chi connectivity index (χ1n) is 9.85. The molecule has 0 spiro atoms. The first-order chi connectivity index (χ1) is 13.2. The fraction of sp³-hybridized carbons (Fsp3) is 0.571. The van der Waals surface area contributed by atoms with Crippen molar-refractivity contribution in [2.24, 2.45) is 17.8 Å². The van der Waals surface area contributed by atoms with E-state index in [1.54, 1.807) is 22.8 Å². The Morgan fingerprint density at radius 2 is 1.96 bits per heavy atom. The monoisotopic (exact) mass is 421 g/mol. The number of carbonyl (C=O) groups is 1. The predicted molar refractivity (Wildman–Crippen MR) is 116 cm³/mol. The molecule has 0 saturated carbocycles. The third-order valence-electron chi connectivity index (χ3n) is 4.98. The van der Waals surface area contributed by atoms with E-state index in [1.807, 2.05) is 4.90 Å². The molecule has 0 N–H and O–H groups in total. The normalized spacial score (nSPS) is 20.1. The maximum atomic E-state index is 13.0. The summed E-state index contributed by atoms with van der Waals surface area (Å²) in [6, 6.07) is 5.16. The number of aromatic nitrogens is 2. The van der Waals surface area contributed by atoms with Gasteiger partial charge in [0, 0.05) is 24.7 Å². The van der Waals surface area contributed by atoms with Gasteiger partial charge in [-0.2, -0.15) is 0 Å². The van der Waals surface area contributed by atoms with E-state index < -0.39 is 0 Å². The van der Waals surface area contributed by atoms with Gasteiger partial charge in [0.1, 0.15) is 0 Å². The van der Waals surface area contributed by atoms with Crippen LogP contribution in [0.3, 0.4) is 0 Å². The lowest BCUT2D eigenvalue weighted by Gasteiger charge is -2.35. The molecule has 1 aliphatic rings. The second-order valence-electron chi connectivity index (χ2n) is 8.40. The number of hydrogen-bond donors (Lipinski definition) is 0. The van der Waals surface area contributed by atoms with Gasteiger partial charge < -0.3 is 4.90 Å². The Hall–Kier alpha value is -1.53.